The number of nitrogens with one attached hydrogen (secondary N) is 1. The van der Waals surface area contributed by atoms with E-state index >= 15 is 0 Å². The lowest BCUT2D eigenvalue weighted by molar-refractivity contribution is -0.140. The second-order valence-electron chi connectivity index (χ2n) is 8.74. The molecule has 1 heterocycles. The summed E-state index contributed by atoms with van der Waals surface area (Å²) in [5.41, 5.74) is 3.91. The van der Waals surface area contributed by atoms with Gasteiger partial charge in [0.15, 0.2) is 0 Å². The van der Waals surface area contributed by atoms with Gasteiger partial charge in [0.05, 0.1) is 11.6 Å². The molecule has 35 heavy (non-hydrogen) atoms. The number of aliphatic carboxylic acids is 1. The van der Waals surface area contributed by atoms with Crippen molar-refractivity contribution in [2.24, 2.45) is 0 Å². The van der Waals surface area contributed by atoms with Crippen molar-refractivity contribution in [3.63, 3.8) is 0 Å². The molecule has 5 rings (SSSR count). The van der Waals surface area contributed by atoms with Crippen molar-refractivity contribution in [3.8, 4) is 16.8 Å². The van der Waals surface area contributed by atoms with E-state index in [0.29, 0.717) is 18.7 Å². The molecule has 1 amide bonds. The van der Waals surface area contributed by atoms with E-state index in [1.165, 1.54) is 0 Å². The Hall–Kier alpha value is -4.39. The van der Waals surface area contributed by atoms with E-state index in [4.69, 9.17) is 4.74 Å². The van der Waals surface area contributed by atoms with Crippen molar-refractivity contribution in [1.82, 2.24) is 9.55 Å². The molecule has 7 heteroatoms. The highest BCUT2D eigenvalue weighted by atomic mass is 16.6. The predicted octanol–water partition coefficient (Wildman–Crippen LogP) is 5.97. The summed E-state index contributed by atoms with van der Waals surface area (Å²) < 4.78 is 7.27. The molecule has 1 saturated carbocycles. The lowest BCUT2D eigenvalue weighted by atomic mass is 9.94. The number of hydrogen-bond acceptors (Lipinski definition) is 4. The summed E-state index contributed by atoms with van der Waals surface area (Å²) in [5, 5.41) is 12.3. The number of imidazole rings is 1. The van der Waals surface area contributed by atoms with Crippen LogP contribution in [-0.4, -0.2) is 26.7 Å². The van der Waals surface area contributed by atoms with Crippen molar-refractivity contribution in [1.29, 1.82) is 0 Å². The van der Waals surface area contributed by atoms with Crippen LogP contribution >= 0.6 is 0 Å². The number of hydrogen-bond donors (Lipinski definition) is 2. The molecule has 2 N–H and O–H groups in total. The number of carboxylic acids is 1. The Bertz CT molecular complexity index is 1340. The molecule has 0 radical (unpaired) electrons. The molecular weight excluding hydrogens is 442 g/mol. The first-order chi connectivity index (χ1) is 17.0. The third-order valence-electron chi connectivity index (χ3n) is 6.50. The standard InChI is InChI=1S/C28H25N3O4/c1-19(20-5-3-2-4-6-20)35-27(34)30-25-17-29-18-31(25)24-13-9-22(10-14-24)21-7-11-23(12-8-21)28(15-16-28)26(32)33/h2-14,17-19H,15-16H2,1H3,(H,30,34)(H,32,33)/t19-/m1/s1. The fraction of sp³-hybridized carbons (Fsp3) is 0.179. The highest BCUT2D eigenvalue weighted by Gasteiger charge is 2.51. The Morgan fingerprint density at radius 2 is 1.60 bits per heavy atom. The molecule has 1 fully saturated rings. The Morgan fingerprint density at radius 3 is 2.20 bits per heavy atom. The number of nitrogens with zero attached hydrogens (tertiary/aromatic N) is 2. The highest BCUT2D eigenvalue weighted by molar-refractivity contribution is 5.85. The summed E-state index contributed by atoms with van der Waals surface area (Å²) in [6.45, 7) is 1.82. The first-order valence-corrected chi connectivity index (χ1v) is 11.5. The average Bonchev–Trinajstić information content (AvgIpc) is 3.58. The van der Waals surface area contributed by atoms with Crippen molar-refractivity contribution in [3.05, 3.63) is 103 Å². The second kappa shape index (κ2) is 9.10. The molecule has 176 valence electrons. The minimum absolute atomic E-state index is 0.386. The van der Waals surface area contributed by atoms with Gasteiger partial charge in [-0.1, -0.05) is 66.7 Å². The van der Waals surface area contributed by atoms with Crippen molar-refractivity contribution in [2.75, 3.05) is 5.32 Å². The molecule has 0 saturated heterocycles. The molecule has 1 aromatic heterocycles. The number of carboxylic acid groups (broad SMARTS) is 1. The molecule has 0 spiro atoms. The van der Waals surface area contributed by atoms with Gasteiger partial charge in [-0.25, -0.2) is 9.78 Å². The Labute approximate surface area is 203 Å². The predicted molar refractivity (Wildman–Crippen MR) is 133 cm³/mol. The largest absolute Gasteiger partial charge is 0.481 e. The number of aromatic nitrogens is 2. The zero-order chi connectivity index (χ0) is 24.4. The van der Waals surface area contributed by atoms with E-state index in [1.54, 1.807) is 17.1 Å². The summed E-state index contributed by atoms with van der Waals surface area (Å²) in [5.74, 6) is -0.256. The quantitative estimate of drug-likeness (QED) is 0.350. The number of amides is 1. The van der Waals surface area contributed by atoms with E-state index in [-0.39, 0.29) is 6.10 Å². The van der Waals surface area contributed by atoms with E-state index < -0.39 is 17.5 Å². The lowest BCUT2D eigenvalue weighted by Crippen LogP contribution is -2.19. The van der Waals surface area contributed by atoms with Gasteiger partial charge in [0, 0.05) is 5.69 Å². The first kappa shape index (κ1) is 22.4. The maximum absolute atomic E-state index is 12.5. The number of ether oxygens (including phenoxy) is 1. The van der Waals surface area contributed by atoms with Gasteiger partial charge in [0.2, 0.25) is 0 Å². The topological polar surface area (TPSA) is 93.5 Å². The van der Waals surface area contributed by atoms with Crippen LogP contribution in [0.1, 0.15) is 37.0 Å². The zero-order valence-electron chi connectivity index (χ0n) is 19.2. The Morgan fingerprint density at radius 1 is 0.971 bits per heavy atom. The van der Waals surface area contributed by atoms with Gasteiger partial charge in [-0.3, -0.25) is 14.7 Å². The molecule has 1 aliphatic rings. The van der Waals surface area contributed by atoms with Crippen LogP contribution in [0.3, 0.4) is 0 Å². The number of rotatable bonds is 7. The third-order valence-corrected chi connectivity index (χ3v) is 6.50. The number of carbonyl (C=O) groups excluding carboxylic acids is 1. The van der Waals surface area contributed by atoms with Crippen LogP contribution in [0.2, 0.25) is 0 Å². The first-order valence-electron chi connectivity index (χ1n) is 11.5. The van der Waals surface area contributed by atoms with Crippen LogP contribution in [0, 0.1) is 0 Å². The Kier molecular flexibility index (Phi) is 5.82. The zero-order valence-corrected chi connectivity index (χ0v) is 19.2. The minimum Gasteiger partial charge on any atom is -0.481 e. The summed E-state index contributed by atoms with van der Waals surface area (Å²) in [4.78, 5) is 28.2. The van der Waals surface area contributed by atoms with Crippen LogP contribution in [0.5, 0.6) is 0 Å². The van der Waals surface area contributed by atoms with Crippen LogP contribution < -0.4 is 5.32 Å². The van der Waals surface area contributed by atoms with Gasteiger partial charge < -0.3 is 9.84 Å². The third kappa shape index (κ3) is 4.53. The molecule has 7 nitrogen and oxygen atoms in total. The smallest absolute Gasteiger partial charge is 0.413 e. The SMILES string of the molecule is C[C@@H](OC(=O)Nc1cncn1-c1ccc(-c2ccc(C3(C(=O)O)CC3)cc2)cc1)c1ccccc1. The van der Waals surface area contributed by atoms with Gasteiger partial charge in [-0.2, -0.15) is 0 Å². The van der Waals surface area contributed by atoms with Gasteiger partial charge in [-0.15, -0.1) is 0 Å². The van der Waals surface area contributed by atoms with Gasteiger partial charge in [0.25, 0.3) is 0 Å². The van der Waals surface area contributed by atoms with E-state index in [9.17, 15) is 14.7 Å². The lowest BCUT2D eigenvalue weighted by Gasteiger charge is -2.15. The van der Waals surface area contributed by atoms with Crippen LogP contribution in [0.15, 0.2) is 91.4 Å². The minimum atomic E-state index is -0.752. The molecule has 1 aliphatic carbocycles. The van der Waals surface area contributed by atoms with Crippen LogP contribution in [0.4, 0.5) is 10.6 Å². The maximum Gasteiger partial charge on any atom is 0.413 e. The number of benzene rings is 3. The summed E-state index contributed by atoms with van der Waals surface area (Å²) in [6.07, 6.45) is 3.63. The molecular formula is C28H25N3O4. The van der Waals surface area contributed by atoms with Crippen molar-refractivity contribution >= 4 is 17.9 Å². The van der Waals surface area contributed by atoms with Gasteiger partial charge in [0.1, 0.15) is 18.2 Å². The highest BCUT2D eigenvalue weighted by Crippen LogP contribution is 2.48. The fourth-order valence-electron chi connectivity index (χ4n) is 4.23. The van der Waals surface area contributed by atoms with Gasteiger partial charge in [-0.05, 0) is 54.2 Å². The second-order valence-corrected chi connectivity index (χ2v) is 8.74. The molecule has 0 aliphatic heterocycles. The van der Waals surface area contributed by atoms with Crippen molar-refractivity contribution < 1.29 is 19.4 Å². The summed E-state index contributed by atoms with van der Waals surface area (Å²) in [7, 11) is 0. The molecule has 0 bridgehead atoms. The normalized spacial score (nSPS) is 14.7. The molecule has 4 aromatic rings. The Balaban J connectivity index is 1.27. The fourth-order valence-corrected chi connectivity index (χ4v) is 4.23. The maximum atomic E-state index is 12.5. The van der Waals surface area contributed by atoms with E-state index in [2.05, 4.69) is 10.3 Å². The van der Waals surface area contributed by atoms with Crippen molar-refractivity contribution in [2.45, 2.75) is 31.3 Å². The van der Waals surface area contributed by atoms with Crippen LogP contribution in [0.25, 0.3) is 16.8 Å². The van der Waals surface area contributed by atoms with E-state index in [0.717, 1.165) is 27.9 Å². The van der Waals surface area contributed by atoms with E-state index in [1.807, 2.05) is 85.8 Å². The molecule has 1 atom stereocenters. The van der Waals surface area contributed by atoms with Crippen LogP contribution in [-0.2, 0) is 14.9 Å². The molecule has 0 unspecified atom stereocenters. The van der Waals surface area contributed by atoms with Gasteiger partial charge >= 0.3 is 12.1 Å². The number of anilines is 1. The molecule has 3 aromatic carbocycles. The monoisotopic (exact) mass is 467 g/mol. The summed E-state index contributed by atoms with van der Waals surface area (Å²) >= 11 is 0. The number of carbonyl (C=O) groups is 2. The summed E-state index contributed by atoms with van der Waals surface area (Å²) in [6, 6.07) is 25.1. The average molecular weight is 468 g/mol.